The van der Waals surface area contributed by atoms with E-state index in [4.69, 9.17) is 4.74 Å². The number of thioether (sulfide) groups is 1. The molecule has 1 aliphatic carbocycles. The van der Waals surface area contributed by atoms with Gasteiger partial charge in [0, 0.05) is 18.3 Å². The molecule has 2 aromatic carbocycles. The van der Waals surface area contributed by atoms with E-state index in [-0.39, 0.29) is 17.9 Å². The summed E-state index contributed by atoms with van der Waals surface area (Å²) >= 11 is 1.60. The zero-order valence-electron chi connectivity index (χ0n) is 20.2. The Bertz CT molecular complexity index is 919. The van der Waals surface area contributed by atoms with E-state index in [1.807, 2.05) is 31.2 Å². The average Bonchev–Trinajstić information content (AvgIpc) is 3.29. The van der Waals surface area contributed by atoms with Crippen LogP contribution in [0, 0.1) is 13.8 Å². The molecule has 0 aromatic heterocycles. The number of nitrogens with zero attached hydrogens (tertiary/aromatic N) is 1. The molecule has 1 atom stereocenters. The number of carbonyl (C=O) groups is 2. The lowest BCUT2D eigenvalue weighted by atomic mass is 10.1. The van der Waals surface area contributed by atoms with Crippen molar-refractivity contribution in [3.63, 3.8) is 0 Å². The molecule has 1 N–H and O–H groups in total. The zero-order chi connectivity index (χ0) is 23.8. The fraction of sp³-hybridized carbons (Fsp3) is 0.481. The van der Waals surface area contributed by atoms with Gasteiger partial charge >= 0.3 is 0 Å². The Morgan fingerprint density at radius 3 is 2.30 bits per heavy atom. The van der Waals surface area contributed by atoms with E-state index in [9.17, 15) is 9.59 Å². The maximum absolute atomic E-state index is 13.3. The fourth-order valence-corrected chi connectivity index (χ4v) is 5.24. The van der Waals surface area contributed by atoms with E-state index in [1.54, 1.807) is 23.8 Å². The normalized spacial score (nSPS) is 14.7. The fourth-order valence-electron chi connectivity index (χ4n) is 4.39. The van der Waals surface area contributed by atoms with Crippen LogP contribution in [-0.2, 0) is 21.9 Å². The third kappa shape index (κ3) is 7.53. The zero-order valence-corrected chi connectivity index (χ0v) is 21.0. The van der Waals surface area contributed by atoms with Crippen molar-refractivity contribution >= 4 is 23.6 Å². The Kier molecular flexibility index (Phi) is 9.24. The van der Waals surface area contributed by atoms with E-state index in [0.717, 1.165) is 42.7 Å². The largest absolute Gasteiger partial charge is 0.497 e. The van der Waals surface area contributed by atoms with E-state index in [1.165, 1.54) is 16.7 Å². The molecule has 0 bridgehead atoms. The molecule has 2 aromatic rings. The molecule has 1 fully saturated rings. The lowest BCUT2D eigenvalue weighted by Gasteiger charge is -2.29. The molecule has 0 aliphatic heterocycles. The molecule has 1 saturated carbocycles. The number of rotatable bonds is 10. The Morgan fingerprint density at radius 1 is 1.06 bits per heavy atom. The number of hydrogen-bond acceptors (Lipinski definition) is 4. The number of aryl methyl sites for hydroxylation is 2. The predicted octanol–water partition coefficient (Wildman–Crippen LogP) is 5.02. The average molecular weight is 469 g/mol. The standard InChI is InChI=1S/C27H36N2O3S/c1-19-13-20(2)15-23(14-19)17-33-18-26(30)29(16-22-9-11-25(32-4)12-10-22)21(3)27(31)28-24-7-5-6-8-24/h9-15,21,24H,5-8,16-18H2,1-4H3,(H,28,31). The van der Waals surface area contributed by atoms with Crippen LogP contribution in [0.4, 0.5) is 0 Å². The van der Waals surface area contributed by atoms with Gasteiger partial charge in [0.2, 0.25) is 11.8 Å². The quantitative estimate of drug-likeness (QED) is 0.532. The molecule has 3 rings (SSSR count). The second-order valence-electron chi connectivity index (χ2n) is 9.02. The van der Waals surface area contributed by atoms with Gasteiger partial charge in [0.25, 0.3) is 0 Å². The van der Waals surface area contributed by atoms with Crippen LogP contribution in [0.5, 0.6) is 5.75 Å². The van der Waals surface area contributed by atoms with Gasteiger partial charge in [-0.2, -0.15) is 0 Å². The second kappa shape index (κ2) is 12.1. The number of nitrogens with one attached hydrogen (secondary N) is 1. The summed E-state index contributed by atoms with van der Waals surface area (Å²) < 4.78 is 5.25. The highest BCUT2D eigenvalue weighted by molar-refractivity contribution is 7.99. The smallest absolute Gasteiger partial charge is 0.242 e. The number of benzene rings is 2. The Hall–Kier alpha value is -2.47. The van der Waals surface area contributed by atoms with Crippen molar-refractivity contribution < 1.29 is 14.3 Å². The van der Waals surface area contributed by atoms with Crippen LogP contribution in [0.25, 0.3) is 0 Å². The number of carbonyl (C=O) groups excluding carboxylic acids is 2. The van der Waals surface area contributed by atoms with Gasteiger partial charge in [0.05, 0.1) is 12.9 Å². The van der Waals surface area contributed by atoms with Crippen LogP contribution in [-0.4, -0.2) is 41.7 Å². The van der Waals surface area contributed by atoms with Crippen LogP contribution in [0.1, 0.15) is 54.9 Å². The maximum atomic E-state index is 13.3. The summed E-state index contributed by atoms with van der Waals surface area (Å²) in [6.07, 6.45) is 4.36. The predicted molar refractivity (Wildman–Crippen MR) is 135 cm³/mol. The van der Waals surface area contributed by atoms with Crippen molar-refractivity contribution in [3.05, 3.63) is 64.7 Å². The van der Waals surface area contributed by atoms with Crippen LogP contribution in [0.2, 0.25) is 0 Å². The maximum Gasteiger partial charge on any atom is 0.242 e. The van der Waals surface area contributed by atoms with E-state index >= 15 is 0 Å². The minimum absolute atomic E-state index is 0.0192. The molecule has 5 nitrogen and oxygen atoms in total. The minimum atomic E-state index is -0.526. The van der Waals surface area contributed by atoms with Crippen LogP contribution >= 0.6 is 11.8 Å². The van der Waals surface area contributed by atoms with E-state index in [0.29, 0.717) is 12.3 Å². The number of hydrogen-bond donors (Lipinski definition) is 1. The first kappa shape index (κ1) is 25.2. The number of amides is 2. The Balaban J connectivity index is 1.66. The molecule has 6 heteroatoms. The van der Waals surface area contributed by atoms with Gasteiger partial charge in [-0.05, 0) is 56.9 Å². The van der Waals surface area contributed by atoms with Crippen molar-refractivity contribution in [1.29, 1.82) is 0 Å². The second-order valence-corrected chi connectivity index (χ2v) is 10.0. The van der Waals surface area contributed by atoms with Gasteiger partial charge < -0.3 is 15.0 Å². The number of ether oxygens (including phenoxy) is 1. The van der Waals surface area contributed by atoms with Gasteiger partial charge in [0.1, 0.15) is 11.8 Å². The third-order valence-electron chi connectivity index (χ3n) is 6.16. The SMILES string of the molecule is COc1ccc(CN(C(=O)CSCc2cc(C)cc(C)c2)C(C)C(=O)NC2CCCC2)cc1. The van der Waals surface area contributed by atoms with Crippen LogP contribution < -0.4 is 10.1 Å². The first-order valence-corrected chi connectivity index (χ1v) is 12.9. The van der Waals surface area contributed by atoms with Gasteiger partial charge in [-0.3, -0.25) is 9.59 Å². The molecule has 33 heavy (non-hydrogen) atoms. The molecule has 178 valence electrons. The topological polar surface area (TPSA) is 58.6 Å². The van der Waals surface area contributed by atoms with Gasteiger partial charge in [-0.15, -0.1) is 11.8 Å². The summed E-state index contributed by atoms with van der Waals surface area (Å²) in [5.74, 6) is 1.79. The number of methoxy groups -OCH3 is 1. The summed E-state index contributed by atoms with van der Waals surface area (Å²) in [6.45, 7) is 6.41. The highest BCUT2D eigenvalue weighted by atomic mass is 32.2. The van der Waals surface area contributed by atoms with Gasteiger partial charge in [0.15, 0.2) is 0 Å². The summed E-state index contributed by atoms with van der Waals surface area (Å²) in [7, 11) is 1.63. The first-order valence-electron chi connectivity index (χ1n) is 11.7. The lowest BCUT2D eigenvalue weighted by molar-refractivity contribution is -0.138. The Labute approximate surface area is 202 Å². The van der Waals surface area contributed by atoms with Crippen LogP contribution in [0.3, 0.4) is 0 Å². The van der Waals surface area contributed by atoms with Crippen molar-refractivity contribution in [2.45, 2.75) is 70.8 Å². The molecule has 2 amide bonds. The minimum Gasteiger partial charge on any atom is -0.497 e. The molecule has 1 aliphatic rings. The van der Waals surface area contributed by atoms with Crippen molar-refractivity contribution in [2.75, 3.05) is 12.9 Å². The van der Waals surface area contributed by atoms with E-state index in [2.05, 4.69) is 37.4 Å². The molecule has 1 unspecified atom stereocenters. The van der Waals surface area contributed by atoms with Crippen molar-refractivity contribution in [1.82, 2.24) is 10.2 Å². The highest BCUT2D eigenvalue weighted by Gasteiger charge is 2.28. The van der Waals surface area contributed by atoms with Crippen molar-refractivity contribution in [2.24, 2.45) is 0 Å². The molecule has 0 saturated heterocycles. The lowest BCUT2D eigenvalue weighted by Crippen LogP contribution is -2.50. The third-order valence-corrected chi connectivity index (χ3v) is 7.15. The summed E-state index contributed by atoms with van der Waals surface area (Å²) in [5.41, 5.74) is 4.66. The van der Waals surface area contributed by atoms with Crippen LogP contribution in [0.15, 0.2) is 42.5 Å². The van der Waals surface area contributed by atoms with E-state index < -0.39 is 6.04 Å². The van der Waals surface area contributed by atoms with Crippen molar-refractivity contribution in [3.8, 4) is 5.75 Å². The van der Waals surface area contributed by atoms with Gasteiger partial charge in [-0.1, -0.05) is 54.3 Å². The van der Waals surface area contributed by atoms with Gasteiger partial charge in [-0.25, -0.2) is 0 Å². The summed E-state index contributed by atoms with van der Waals surface area (Å²) in [4.78, 5) is 28.0. The Morgan fingerprint density at radius 2 is 1.70 bits per heavy atom. The summed E-state index contributed by atoms with van der Waals surface area (Å²) in [6, 6.07) is 13.9. The molecular formula is C27H36N2O3S. The summed E-state index contributed by atoms with van der Waals surface area (Å²) in [5, 5.41) is 3.15. The first-order chi connectivity index (χ1) is 15.9. The monoisotopic (exact) mass is 468 g/mol. The molecule has 0 radical (unpaired) electrons. The molecular weight excluding hydrogens is 432 g/mol. The highest BCUT2D eigenvalue weighted by Crippen LogP contribution is 2.21. The molecule has 0 heterocycles. The molecule has 0 spiro atoms.